The fourth-order valence-corrected chi connectivity index (χ4v) is 3.86. The van der Waals surface area contributed by atoms with E-state index >= 15 is 0 Å². The first-order valence-electron chi connectivity index (χ1n) is 6.17. The molecule has 0 saturated carbocycles. The second kappa shape index (κ2) is 4.96. The number of nitrogens with zero attached hydrogens (tertiary/aromatic N) is 1. The maximum Gasteiger partial charge on any atom is 0.235 e. The van der Waals surface area contributed by atoms with Gasteiger partial charge >= 0.3 is 0 Å². The van der Waals surface area contributed by atoms with Crippen LogP contribution in [0.4, 0.5) is 0 Å². The Labute approximate surface area is 102 Å². The Morgan fingerprint density at radius 2 is 2.19 bits per heavy atom. The topological polar surface area (TPSA) is 29.5 Å². The Balaban J connectivity index is 1.89. The molecule has 2 aliphatic heterocycles. The molecule has 3 atom stereocenters. The number of amides is 1. The predicted molar refractivity (Wildman–Crippen MR) is 66.7 cm³/mol. The van der Waals surface area contributed by atoms with Crippen molar-refractivity contribution < 1.29 is 9.53 Å². The normalized spacial score (nSPS) is 35.4. The number of likely N-dealkylation sites (tertiary alicyclic amines) is 1. The van der Waals surface area contributed by atoms with Gasteiger partial charge in [-0.25, -0.2) is 0 Å². The Bertz CT molecular complexity index is 270. The monoisotopic (exact) mass is 243 g/mol. The third-order valence-electron chi connectivity index (χ3n) is 3.46. The van der Waals surface area contributed by atoms with Gasteiger partial charge in [0.15, 0.2) is 0 Å². The van der Waals surface area contributed by atoms with E-state index in [9.17, 15) is 4.79 Å². The summed E-state index contributed by atoms with van der Waals surface area (Å²) in [7, 11) is 0. The van der Waals surface area contributed by atoms with E-state index < -0.39 is 0 Å². The fourth-order valence-electron chi connectivity index (χ4n) is 2.42. The summed E-state index contributed by atoms with van der Waals surface area (Å²) in [6.45, 7) is 8.08. The van der Waals surface area contributed by atoms with Gasteiger partial charge in [0, 0.05) is 24.4 Å². The van der Waals surface area contributed by atoms with Gasteiger partial charge in [-0.1, -0.05) is 0 Å². The quantitative estimate of drug-likeness (QED) is 0.758. The molecule has 0 radical (unpaired) electrons. The lowest BCUT2D eigenvalue weighted by molar-refractivity contribution is -0.128. The maximum absolute atomic E-state index is 12.1. The molecule has 0 bridgehead atoms. The SMILES string of the molecule is CC(C)N1CC[C@H](S[C@@H]2CCO[C@H]2C)C1=O. The van der Waals surface area contributed by atoms with Crippen molar-refractivity contribution in [3.63, 3.8) is 0 Å². The second-order valence-corrected chi connectivity index (χ2v) is 6.39. The van der Waals surface area contributed by atoms with Crippen LogP contribution in [0.15, 0.2) is 0 Å². The molecule has 0 aromatic rings. The van der Waals surface area contributed by atoms with Crippen LogP contribution in [-0.2, 0) is 9.53 Å². The van der Waals surface area contributed by atoms with Crippen LogP contribution in [0.25, 0.3) is 0 Å². The highest BCUT2D eigenvalue weighted by Crippen LogP contribution is 2.34. The lowest BCUT2D eigenvalue weighted by Gasteiger charge is -2.22. The van der Waals surface area contributed by atoms with E-state index in [1.807, 2.05) is 16.7 Å². The molecule has 2 rings (SSSR count). The molecule has 2 fully saturated rings. The van der Waals surface area contributed by atoms with Gasteiger partial charge < -0.3 is 9.64 Å². The average Bonchev–Trinajstić information content (AvgIpc) is 2.76. The van der Waals surface area contributed by atoms with Gasteiger partial charge in [0.2, 0.25) is 5.91 Å². The summed E-state index contributed by atoms with van der Waals surface area (Å²) in [5, 5.41) is 0.692. The highest BCUT2D eigenvalue weighted by molar-refractivity contribution is 8.01. The fraction of sp³-hybridized carbons (Fsp3) is 0.917. The molecular formula is C12H21NO2S. The molecule has 1 amide bonds. The van der Waals surface area contributed by atoms with Crippen LogP contribution in [0, 0.1) is 0 Å². The van der Waals surface area contributed by atoms with Crippen molar-refractivity contribution in [2.75, 3.05) is 13.2 Å². The largest absolute Gasteiger partial charge is 0.377 e. The van der Waals surface area contributed by atoms with E-state index in [2.05, 4.69) is 20.8 Å². The van der Waals surface area contributed by atoms with Crippen molar-refractivity contribution in [2.24, 2.45) is 0 Å². The van der Waals surface area contributed by atoms with Crippen LogP contribution < -0.4 is 0 Å². The molecule has 0 N–H and O–H groups in total. The molecule has 2 aliphatic rings. The zero-order chi connectivity index (χ0) is 11.7. The third-order valence-corrected chi connectivity index (χ3v) is 5.19. The highest BCUT2D eigenvalue weighted by Gasteiger charge is 2.37. The minimum absolute atomic E-state index is 0.177. The van der Waals surface area contributed by atoms with Gasteiger partial charge in [0.1, 0.15) is 0 Å². The second-order valence-electron chi connectivity index (χ2n) is 4.94. The van der Waals surface area contributed by atoms with Crippen molar-refractivity contribution in [2.45, 2.75) is 56.3 Å². The smallest absolute Gasteiger partial charge is 0.235 e. The van der Waals surface area contributed by atoms with E-state index in [1.165, 1.54) is 0 Å². The summed E-state index contributed by atoms with van der Waals surface area (Å²) in [6, 6.07) is 0.343. The Morgan fingerprint density at radius 1 is 1.44 bits per heavy atom. The number of carbonyl (C=O) groups is 1. The van der Waals surface area contributed by atoms with Gasteiger partial charge in [-0.05, 0) is 33.6 Å². The van der Waals surface area contributed by atoms with E-state index in [1.54, 1.807) is 0 Å². The Kier molecular flexibility index (Phi) is 3.80. The van der Waals surface area contributed by atoms with E-state index in [0.717, 1.165) is 26.0 Å². The molecule has 0 aromatic heterocycles. The van der Waals surface area contributed by atoms with Crippen molar-refractivity contribution >= 4 is 17.7 Å². The minimum Gasteiger partial charge on any atom is -0.377 e. The average molecular weight is 243 g/mol. The summed E-state index contributed by atoms with van der Waals surface area (Å²) in [5.74, 6) is 0.333. The number of hydrogen-bond donors (Lipinski definition) is 0. The third kappa shape index (κ3) is 2.38. The van der Waals surface area contributed by atoms with Crippen LogP contribution in [0.5, 0.6) is 0 Å². The van der Waals surface area contributed by atoms with E-state index in [-0.39, 0.29) is 5.25 Å². The number of carbonyl (C=O) groups excluding carboxylic acids is 1. The molecule has 4 heteroatoms. The van der Waals surface area contributed by atoms with Gasteiger partial charge in [-0.2, -0.15) is 0 Å². The van der Waals surface area contributed by atoms with E-state index in [4.69, 9.17) is 4.74 Å². The molecule has 2 saturated heterocycles. The number of rotatable bonds is 3. The number of ether oxygens (including phenoxy) is 1. The maximum atomic E-state index is 12.1. The summed E-state index contributed by atoms with van der Waals surface area (Å²) in [4.78, 5) is 14.1. The molecule has 3 nitrogen and oxygen atoms in total. The summed E-state index contributed by atoms with van der Waals surface area (Å²) in [6.07, 6.45) is 2.41. The van der Waals surface area contributed by atoms with Gasteiger partial charge in [0.25, 0.3) is 0 Å². The predicted octanol–water partition coefficient (Wildman–Crippen LogP) is 1.91. The molecule has 0 aliphatic carbocycles. The summed E-state index contributed by atoms with van der Waals surface area (Å²) < 4.78 is 5.54. The molecule has 0 unspecified atom stereocenters. The van der Waals surface area contributed by atoms with Gasteiger partial charge in [-0.15, -0.1) is 11.8 Å². The molecule has 92 valence electrons. The minimum atomic E-state index is 0.177. The first-order valence-corrected chi connectivity index (χ1v) is 7.11. The van der Waals surface area contributed by atoms with Crippen molar-refractivity contribution in [3.05, 3.63) is 0 Å². The molecule has 0 spiro atoms. The zero-order valence-electron chi connectivity index (χ0n) is 10.3. The lowest BCUT2D eigenvalue weighted by atomic mass is 10.3. The van der Waals surface area contributed by atoms with Crippen LogP contribution in [-0.4, -0.2) is 46.6 Å². The first-order chi connectivity index (χ1) is 7.59. The highest BCUT2D eigenvalue weighted by atomic mass is 32.2. The number of thioether (sulfide) groups is 1. The van der Waals surface area contributed by atoms with E-state index in [0.29, 0.717) is 23.3 Å². The number of hydrogen-bond acceptors (Lipinski definition) is 3. The van der Waals surface area contributed by atoms with Gasteiger partial charge in [-0.3, -0.25) is 4.79 Å². The van der Waals surface area contributed by atoms with Gasteiger partial charge in [0.05, 0.1) is 11.4 Å². The van der Waals surface area contributed by atoms with Crippen LogP contribution >= 0.6 is 11.8 Å². The Morgan fingerprint density at radius 3 is 2.69 bits per heavy atom. The van der Waals surface area contributed by atoms with Crippen molar-refractivity contribution in [1.29, 1.82) is 0 Å². The first kappa shape index (κ1) is 12.2. The van der Waals surface area contributed by atoms with Crippen molar-refractivity contribution in [3.8, 4) is 0 Å². The van der Waals surface area contributed by atoms with Crippen molar-refractivity contribution in [1.82, 2.24) is 4.90 Å². The van der Waals surface area contributed by atoms with Crippen LogP contribution in [0.3, 0.4) is 0 Å². The summed E-state index contributed by atoms with van der Waals surface area (Å²) >= 11 is 1.84. The molecule has 16 heavy (non-hydrogen) atoms. The zero-order valence-corrected chi connectivity index (χ0v) is 11.1. The Hall–Kier alpha value is -0.220. The molecular weight excluding hydrogens is 222 g/mol. The summed E-state index contributed by atoms with van der Waals surface area (Å²) in [5.41, 5.74) is 0. The standard InChI is InChI=1S/C12H21NO2S/c1-8(2)13-6-4-11(12(13)14)16-10-5-7-15-9(10)3/h8-11H,4-7H2,1-3H3/t9-,10+,11-/m0/s1. The molecule has 2 heterocycles. The lowest BCUT2D eigenvalue weighted by Crippen LogP contribution is -2.35. The molecule has 0 aromatic carbocycles. The van der Waals surface area contributed by atoms with Crippen LogP contribution in [0.1, 0.15) is 33.6 Å². The van der Waals surface area contributed by atoms with Crippen LogP contribution in [0.2, 0.25) is 0 Å².